The second-order valence-electron chi connectivity index (χ2n) is 10.5. The van der Waals surface area contributed by atoms with Crippen LogP contribution >= 0.6 is 23.1 Å². The quantitative estimate of drug-likeness (QED) is 0.0474. The van der Waals surface area contributed by atoms with Crippen molar-refractivity contribution in [2.45, 2.75) is 4.90 Å². The topological polar surface area (TPSA) is 171 Å². The third kappa shape index (κ3) is 9.49. The van der Waals surface area contributed by atoms with Gasteiger partial charge < -0.3 is 30.2 Å². The van der Waals surface area contributed by atoms with Crippen LogP contribution in [-0.4, -0.2) is 54.7 Å². The van der Waals surface area contributed by atoms with Gasteiger partial charge in [0.25, 0.3) is 17.5 Å². The van der Waals surface area contributed by atoms with Gasteiger partial charge in [0.15, 0.2) is 16.6 Å². The number of benzene rings is 4. The highest BCUT2D eigenvalue weighted by molar-refractivity contribution is 8.00. The van der Waals surface area contributed by atoms with E-state index in [9.17, 15) is 24.5 Å². The number of rotatable bonds is 14. The molecule has 0 bridgehead atoms. The van der Waals surface area contributed by atoms with Crippen LogP contribution in [0.5, 0.6) is 17.2 Å². The summed E-state index contributed by atoms with van der Waals surface area (Å²) in [5, 5.41) is 21.4. The summed E-state index contributed by atoms with van der Waals surface area (Å²) >= 11 is 2.50. The first-order chi connectivity index (χ1) is 24.7. The Morgan fingerprint density at radius 3 is 2.24 bits per heavy atom. The number of aromatic nitrogens is 1. The lowest BCUT2D eigenvalue weighted by molar-refractivity contribution is -0.384. The zero-order valence-electron chi connectivity index (χ0n) is 27.5. The minimum absolute atomic E-state index is 0.0379. The van der Waals surface area contributed by atoms with Crippen molar-refractivity contribution in [1.82, 2.24) is 10.3 Å². The molecule has 3 N–H and O–H groups in total. The predicted molar refractivity (Wildman–Crippen MR) is 197 cm³/mol. The van der Waals surface area contributed by atoms with E-state index in [0.29, 0.717) is 50.5 Å². The third-order valence-electron chi connectivity index (χ3n) is 7.11. The van der Waals surface area contributed by atoms with Crippen molar-refractivity contribution < 1.29 is 33.5 Å². The monoisotopic (exact) mass is 725 g/mol. The standard InChI is InChI=1S/C36H31N5O8S2/c1-47-30-17-22(18-31(48-2)33(30)49-3)16-28(38-34(43)23-8-5-4-6-9-23)35(44)37-25-12-14-27(15-13-25)50-21-32(42)40-36-39-29(20-51-36)24-10-7-11-26(19-24)41(45)46/h4-20H,21H2,1-3H3,(H,37,44)(H,38,43)(H,39,40,42)/b28-16-. The Kier molecular flexibility index (Phi) is 12.0. The van der Waals surface area contributed by atoms with Gasteiger partial charge in [-0.25, -0.2) is 4.98 Å². The van der Waals surface area contributed by atoms with Crippen molar-refractivity contribution in [1.29, 1.82) is 0 Å². The van der Waals surface area contributed by atoms with Gasteiger partial charge in [-0.15, -0.1) is 23.1 Å². The number of thioether (sulfide) groups is 1. The third-order valence-corrected chi connectivity index (χ3v) is 8.88. The van der Waals surface area contributed by atoms with Crippen LogP contribution in [0.25, 0.3) is 17.3 Å². The number of ether oxygens (including phenoxy) is 3. The molecule has 15 heteroatoms. The molecule has 4 aromatic carbocycles. The molecule has 0 aliphatic heterocycles. The van der Waals surface area contributed by atoms with Crippen LogP contribution in [0, 0.1) is 10.1 Å². The summed E-state index contributed by atoms with van der Waals surface area (Å²) in [5.74, 6) is -0.139. The molecule has 0 spiro atoms. The Morgan fingerprint density at radius 1 is 0.882 bits per heavy atom. The molecule has 0 atom stereocenters. The Hall–Kier alpha value is -6.19. The molecular formula is C36H31N5O8S2. The molecule has 0 radical (unpaired) electrons. The maximum Gasteiger partial charge on any atom is 0.272 e. The molecule has 5 aromatic rings. The van der Waals surface area contributed by atoms with E-state index >= 15 is 0 Å². The average Bonchev–Trinajstić information content (AvgIpc) is 3.62. The minimum Gasteiger partial charge on any atom is -0.493 e. The number of methoxy groups -OCH3 is 3. The first-order valence-corrected chi connectivity index (χ1v) is 17.0. The average molecular weight is 726 g/mol. The number of carbonyl (C=O) groups is 3. The Labute approximate surface area is 300 Å². The lowest BCUT2D eigenvalue weighted by Gasteiger charge is -2.15. The van der Waals surface area contributed by atoms with Gasteiger partial charge in [-0.2, -0.15) is 0 Å². The van der Waals surface area contributed by atoms with Crippen LogP contribution in [0.2, 0.25) is 0 Å². The van der Waals surface area contributed by atoms with Crippen LogP contribution in [0.4, 0.5) is 16.5 Å². The van der Waals surface area contributed by atoms with Gasteiger partial charge >= 0.3 is 0 Å². The van der Waals surface area contributed by atoms with Crippen LogP contribution in [0.15, 0.2) is 107 Å². The molecule has 260 valence electrons. The van der Waals surface area contributed by atoms with Crippen molar-refractivity contribution >= 4 is 63.4 Å². The van der Waals surface area contributed by atoms with E-state index in [1.54, 1.807) is 84.2 Å². The molecule has 0 aliphatic carbocycles. The second-order valence-corrected chi connectivity index (χ2v) is 12.4. The molecule has 0 fully saturated rings. The van der Waals surface area contributed by atoms with E-state index in [-0.39, 0.29) is 23.0 Å². The smallest absolute Gasteiger partial charge is 0.272 e. The van der Waals surface area contributed by atoms with Crippen molar-refractivity contribution in [2.75, 3.05) is 37.7 Å². The highest BCUT2D eigenvalue weighted by Gasteiger charge is 2.18. The molecule has 1 heterocycles. The number of hydrogen-bond donors (Lipinski definition) is 3. The largest absolute Gasteiger partial charge is 0.493 e. The molecule has 0 saturated heterocycles. The molecule has 0 aliphatic rings. The van der Waals surface area contributed by atoms with Crippen molar-refractivity contribution in [3.8, 4) is 28.5 Å². The number of amides is 3. The molecular weight excluding hydrogens is 695 g/mol. The van der Waals surface area contributed by atoms with Crippen LogP contribution in [-0.2, 0) is 9.59 Å². The fourth-order valence-electron chi connectivity index (χ4n) is 4.67. The van der Waals surface area contributed by atoms with E-state index in [4.69, 9.17) is 14.2 Å². The fourth-order valence-corrected chi connectivity index (χ4v) is 6.11. The van der Waals surface area contributed by atoms with E-state index < -0.39 is 16.7 Å². The number of hydrogen-bond acceptors (Lipinski definition) is 11. The van der Waals surface area contributed by atoms with E-state index in [1.165, 1.54) is 62.6 Å². The SMILES string of the molecule is COc1cc(/C=C(\NC(=O)c2ccccc2)C(=O)Nc2ccc(SCC(=O)Nc3nc(-c4cccc([N+](=O)[O-])c4)cs3)cc2)cc(OC)c1OC. The van der Waals surface area contributed by atoms with Crippen LogP contribution < -0.4 is 30.2 Å². The van der Waals surface area contributed by atoms with Crippen molar-refractivity contribution in [3.63, 3.8) is 0 Å². The predicted octanol–water partition coefficient (Wildman–Crippen LogP) is 6.88. The van der Waals surface area contributed by atoms with Gasteiger partial charge in [0.2, 0.25) is 11.7 Å². The molecule has 13 nitrogen and oxygen atoms in total. The number of nitro benzene ring substituents is 1. The zero-order valence-corrected chi connectivity index (χ0v) is 29.1. The van der Waals surface area contributed by atoms with E-state index in [1.807, 2.05) is 0 Å². The fraction of sp³-hybridized carbons (Fsp3) is 0.111. The molecule has 3 amide bonds. The van der Waals surface area contributed by atoms with Crippen molar-refractivity contribution in [2.24, 2.45) is 0 Å². The number of carbonyl (C=O) groups excluding carboxylic acids is 3. The summed E-state index contributed by atoms with van der Waals surface area (Å²) in [4.78, 5) is 55.0. The number of nitrogens with zero attached hydrogens (tertiary/aromatic N) is 2. The summed E-state index contributed by atoms with van der Waals surface area (Å²) in [6, 6.07) is 24.8. The van der Waals surface area contributed by atoms with E-state index in [0.717, 1.165) is 4.90 Å². The van der Waals surface area contributed by atoms with Gasteiger partial charge in [0.05, 0.1) is 37.7 Å². The van der Waals surface area contributed by atoms with Gasteiger partial charge in [0, 0.05) is 39.2 Å². The number of nitro groups is 1. The normalized spacial score (nSPS) is 10.9. The van der Waals surface area contributed by atoms with Gasteiger partial charge in [-0.1, -0.05) is 30.3 Å². The van der Waals surface area contributed by atoms with Crippen LogP contribution in [0.3, 0.4) is 0 Å². The minimum atomic E-state index is -0.583. The highest BCUT2D eigenvalue weighted by Crippen LogP contribution is 2.38. The first kappa shape index (κ1) is 36.1. The molecule has 0 unspecified atom stereocenters. The van der Waals surface area contributed by atoms with Crippen molar-refractivity contribution in [3.05, 3.63) is 123 Å². The van der Waals surface area contributed by atoms with Crippen LogP contribution in [0.1, 0.15) is 15.9 Å². The summed E-state index contributed by atoms with van der Waals surface area (Å²) in [7, 11) is 4.44. The van der Waals surface area contributed by atoms with Gasteiger partial charge in [-0.05, 0) is 60.2 Å². The Balaban J connectivity index is 1.24. The van der Waals surface area contributed by atoms with E-state index in [2.05, 4.69) is 20.9 Å². The number of anilines is 2. The maximum atomic E-state index is 13.6. The summed E-state index contributed by atoms with van der Waals surface area (Å²) in [6.07, 6.45) is 1.50. The Bertz CT molecular complexity index is 2060. The lowest BCUT2D eigenvalue weighted by Crippen LogP contribution is -2.30. The summed E-state index contributed by atoms with van der Waals surface area (Å²) in [6.45, 7) is 0. The molecule has 51 heavy (non-hydrogen) atoms. The van der Waals surface area contributed by atoms with Gasteiger partial charge in [-0.3, -0.25) is 24.5 Å². The number of non-ortho nitro benzene ring substituents is 1. The molecule has 5 rings (SSSR count). The second kappa shape index (κ2) is 17.0. The first-order valence-electron chi connectivity index (χ1n) is 15.1. The maximum absolute atomic E-state index is 13.6. The molecule has 1 aromatic heterocycles. The summed E-state index contributed by atoms with van der Waals surface area (Å²) < 4.78 is 16.3. The molecule has 0 saturated carbocycles. The highest BCUT2D eigenvalue weighted by atomic mass is 32.2. The number of nitrogens with one attached hydrogen (secondary N) is 3. The lowest BCUT2D eigenvalue weighted by atomic mass is 10.1. The Morgan fingerprint density at radius 2 is 1.59 bits per heavy atom. The summed E-state index contributed by atoms with van der Waals surface area (Å²) in [5.41, 5.74) is 2.33. The number of thiazole rings is 1. The zero-order chi connectivity index (χ0) is 36.3. The van der Waals surface area contributed by atoms with Gasteiger partial charge in [0.1, 0.15) is 5.70 Å².